The lowest BCUT2D eigenvalue weighted by atomic mass is 9.81. The third-order valence-electron chi connectivity index (χ3n) is 3.56. The van der Waals surface area contributed by atoms with E-state index in [9.17, 15) is 4.79 Å². The summed E-state index contributed by atoms with van der Waals surface area (Å²) in [4.78, 5) is 24.9. The van der Waals surface area contributed by atoms with Gasteiger partial charge < -0.3 is 4.98 Å². The molecule has 0 unspecified atom stereocenters. The molecule has 1 aliphatic carbocycles. The number of nitrogens with one attached hydrogen (secondary N) is 1. The summed E-state index contributed by atoms with van der Waals surface area (Å²) in [7, 11) is 0. The maximum absolute atomic E-state index is 12.0. The number of aryl methyl sites for hydroxylation is 1. The van der Waals surface area contributed by atoms with Crippen molar-refractivity contribution in [1.82, 2.24) is 15.0 Å². The number of nitrogens with zero attached hydrogens (tertiary/aromatic N) is 2. The SMILES string of the molecule is Cc1sc(Br)nc1CSc1ncc(C2CCC2)c(=O)[nH]1. The quantitative estimate of drug-likeness (QED) is 0.654. The molecular weight excluding hydrogens is 358 g/mol. The lowest BCUT2D eigenvalue weighted by Gasteiger charge is -2.24. The molecule has 1 aliphatic rings. The Morgan fingerprint density at radius 2 is 2.35 bits per heavy atom. The first-order valence-electron chi connectivity index (χ1n) is 6.47. The molecule has 4 nitrogen and oxygen atoms in total. The zero-order chi connectivity index (χ0) is 14.1. The first-order valence-corrected chi connectivity index (χ1v) is 9.07. The standard InChI is InChI=1S/C13H14BrN3OS2/c1-7-10(16-12(14)20-7)6-19-13-15-5-9(11(18)17-13)8-3-2-4-8/h5,8H,2-4,6H2,1H3,(H,15,17,18). The lowest BCUT2D eigenvalue weighted by molar-refractivity contribution is 0.414. The number of H-pyrrole nitrogens is 1. The van der Waals surface area contributed by atoms with Crippen molar-refractivity contribution in [2.45, 2.75) is 43.0 Å². The van der Waals surface area contributed by atoms with E-state index in [2.05, 4.69) is 30.9 Å². The van der Waals surface area contributed by atoms with Crippen LogP contribution in [0.5, 0.6) is 0 Å². The van der Waals surface area contributed by atoms with Crippen molar-refractivity contribution in [3.8, 4) is 0 Å². The van der Waals surface area contributed by atoms with Gasteiger partial charge in [-0.05, 0) is 41.6 Å². The Bertz CT molecular complexity index is 678. The predicted molar refractivity (Wildman–Crippen MR) is 85.6 cm³/mol. The maximum atomic E-state index is 12.0. The van der Waals surface area contributed by atoms with Crippen molar-refractivity contribution in [2.75, 3.05) is 0 Å². The second-order valence-electron chi connectivity index (χ2n) is 4.86. The van der Waals surface area contributed by atoms with E-state index in [1.165, 1.54) is 23.1 Å². The highest BCUT2D eigenvalue weighted by Gasteiger charge is 2.22. The first kappa shape index (κ1) is 14.3. The molecule has 0 aromatic carbocycles. The normalized spacial score (nSPS) is 15.3. The number of hydrogen-bond acceptors (Lipinski definition) is 5. The summed E-state index contributed by atoms with van der Waals surface area (Å²) >= 11 is 6.53. The average molecular weight is 372 g/mol. The minimum Gasteiger partial charge on any atom is -0.301 e. The van der Waals surface area contributed by atoms with Gasteiger partial charge in [-0.1, -0.05) is 18.2 Å². The fraction of sp³-hybridized carbons (Fsp3) is 0.462. The summed E-state index contributed by atoms with van der Waals surface area (Å²) in [5, 5.41) is 0.668. The largest absolute Gasteiger partial charge is 0.301 e. The van der Waals surface area contributed by atoms with Crippen LogP contribution in [0.2, 0.25) is 0 Å². The number of thioether (sulfide) groups is 1. The summed E-state index contributed by atoms with van der Waals surface area (Å²) in [5.74, 6) is 1.14. The van der Waals surface area contributed by atoms with Gasteiger partial charge >= 0.3 is 0 Å². The van der Waals surface area contributed by atoms with Gasteiger partial charge in [0.2, 0.25) is 0 Å². The second-order valence-corrected chi connectivity index (χ2v) is 8.30. The zero-order valence-corrected chi connectivity index (χ0v) is 14.2. The van der Waals surface area contributed by atoms with Crippen molar-refractivity contribution >= 4 is 39.0 Å². The van der Waals surface area contributed by atoms with Gasteiger partial charge in [-0.25, -0.2) is 9.97 Å². The molecule has 0 atom stereocenters. The number of rotatable bonds is 4. The smallest absolute Gasteiger partial charge is 0.254 e. The molecule has 106 valence electrons. The molecule has 0 bridgehead atoms. The van der Waals surface area contributed by atoms with Crippen LogP contribution in [0.4, 0.5) is 0 Å². The Balaban J connectivity index is 1.70. The van der Waals surface area contributed by atoms with Gasteiger partial charge in [-0.15, -0.1) is 11.3 Å². The van der Waals surface area contributed by atoms with E-state index in [0.29, 0.717) is 11.1 Å². The molecule has 0 amide bonds. The Kier molecular flexibility index (Phi) is 4.28. The fourth-order valence-corrected chi connectivity index (χ4v) is 4.66. The van der Waals surface area contributed by atoms with E-state index in [4.69, 9.17) is 0 Å². The molecule has 3 rings (SSSR count). The Labute approximate surface area is 133 Å². The fourth-order valence-electron chi connectivity index (χ4n) is 2.14. The molecule has 0 spiro atoms. The highest BCUT2D eigenvalue weighted by atomic mass is 79.9. The molecule has 0 saturated heterocycles. The van der Waals surface area contributed by atoms with Gasteiger partial charge in [0.25, 0.3) is 5.56 Å². The van der Waals surface area contributed by atoms with Crippen LogP contribution in [0.3, 0.4) is 0 Å². The van der Waals surface area contributed by atoms with Crippen LogP contribution in [0, 0.1) is 6.92 Å². The van der Waals surface area contributed by atoms with E-state index in [1.807, 2.05) is 6.92 Å². The van der Waals surface area contributed by atoms with Crippen molar-refractivity contribution < 1.29 is 0 Å². The Hall–Kier alpha value is -0.660. The Morgan fingerprint density at radius 1 is 1.55 bits per heavy atom. The van der Waals surface area contributed by atoms with Crippen LogP contribution in [-0.2, 0) is 5.75 Å². The molecule has 2 aromatic heterocycles. The topological polar surface area (TPSA) is 58.6 Å². The van der Waals surface area contributed by atoms with Crippen LogP contribution in [-0.4, -0.2) is 15.0 Å². The molecular formula is C13H14BrN3OS2. The highest BCUT2D eigenvalue weighted by molar-refractivity contribution is 9.11. The molecule has 2 aromatic rings. The van der Waals surface area contributed by atoms with Crippen molar-refractivity contribution in [1.29, 1.82) is 0 Å². The molecule has 0 radical (unpaired) electrons. The average Bonchev–Trinajstić information content (AvgIpc) is 2.66. The van der Waals surface area contributed by atoms with E-state index < -0.39 is 0 Å². The van der Waals surface area contributed by atoms with Gasteiger partial charge in [0.1, 0.15) is 0 Å². The number of hydrogen-bond donors (Lipinski definition) is 1. The third-order valence-corrected chi connectivity index (χ3v) is 5.92. The lowest BCUT2D eigenvalue weighted by Crippen LogP contribution is -2.21. The summed E-state index contributed by atoms with van der Waals surface area (Å²) in [6, 6.07) is 0. The van der Waals surface area contributed by atoms with E-state index >= 15 is 0 Å². The summed E-state index contributed by atoms with van der Waals surface area (Å²) in [5.41, 5.74) is 1.90. The van der Waals surface area contributed by atoms with E-state index in [-0.39, 0.29) is 5.56 Å². The van der Waals surface area contributed by atoms with Gasteiger partial charge in [0.05, 0.1) is 5.69 Å². The molecule has 0 aliphatic heterocycles. The number of thiazole rings is 1. The number of aromatic amines is 1. The van der Waals surface area contributed by atoms with Crippen molar-refractivity contribution in [3.05, 3.63) is 36.6 Å². The second kappa shape index (κ2) is 5.99. The molecule has 1 N–H and O–H groups in total. The van der Waals surface area contributed by atoms with E-state index in [0.717, 1.165) is 33.8 Å². The summed E-state index contributed by atoms with van der Waals surface area (Å²) < 4.78 is 0.896. The van der Waals surface area contributed by atoms with Crippen LogP contribution in [0.25, 0.3) is 0 Å². The Morgan fingerprint density at radius 3 is 2.90 bits per heavy atom. The first-order chi connectivity index (χ1) is 9.63. The van der Waals surface area contributed by atoms with Crippen molar-refractivity contribution in [3.63, 3.8) is 0 Å². The monoisotopic (exact) mass is 371 g/mol. The molecule has 20 heavy (non-hydrogen) atoms. The van der Waals surface area contributed by atoms with Crippen LogP contribution < -0.4 is 5.56 Å². The molecule has 1 saturated carbocycles. The number of halogens is 1. The third kappa shape index (κ3) is 2.99. The maximum Gasteiger partial charge on any atom is 0.254 e. The van der Waals surface area contributed by atoms with Crippen molar-refractivity contribution in [2.24, 2.45) is 0 Å². The minimum atomic E-state index is 0.0170. The molecule has 7 heteroatoms. The minimum absolute atomic E-state index is 0.0170. The van der Waals surface area contributed by atoms with Gasteiger partial charge in [-0.3, -0.25) is 4.79 Å². The summed E-state index contributed by atoms with van der Waals surface area (Å²) in [6.07, 6.45) is 5.19. The predicted octanol–water partition coefficient (Wildman–Crippen LogP) is 3.86. The van der Waals surface area contributed by atoms with Crippen LogP contribution in [0.15, 0.2) is 20.1 Å². The zero-order valence-electron chi connectivity index (χ0n) is 11.0. The van der Waals surface area contributed by atoms with E-state index in [1.54, 1.807) is 17.5 Å². The number of aromatic nitrogens is 3. The molecule has 1 fully saturated rings. The molecule has 2 heterocycles. The van der Waals surface area contributed by atoms with Crippen LogP contribution >= 0.6 is 39.0 Å². The van der Waals surface area contributed by atoms with Crippen LogP contribution in [0.1, 0.15) is 41.3 Å². The summed E-state index contributed by atoms with van der Waals surface area (Å²) in [6.45, 7) is 2.05. The van der Waals surface area contributed by atoms with Gasteiger partial charge in [0.15, 0.2) is 9.07 Å². The highest BCUT2D eigenvalue weighted by Crippen LogP contribution is 2.34. The van der Waals surface area contributed by atoms with Gasteiger partial charge in [-0.2, -0.15) is 0 Å². The van der Waals surface area contributed by atoms with Gasteiger partial charge in [0, 0.05) is 22.4 Å².